The normalized spacial score (nSPS) is 21.7. The highest BCUT2D eigenvalue weighted by Gasteiger charge is 2.45. The van der Waals surface area contributed by atoms with Gasteiger partial charge in [0, 0.05) is 36.6 Å². The molecule has 2 aromatic carbocycles. The second kappa shape index (κ2) is 9.74. The van der Waals surface area contributed by atoms with Gasteiger partial charge in [0.05, 0.1) is 30.9 Å². The number of carbonyl (C=O) groups excluding carboxylic acids is 2. The average Bonchev–Trinajstić information content (AvgIpc) is 3.62. The van der Waals surface area contributed by atoms with Gasteiger partial charge in [0.25, 0.3) is 0 Å². The van der Waals surface area contributed by atoms with E-state index in [1.165, 1.54) is 22.3 Å². The van der Waals surface area contributed by atoms with Crippen LogP contribution in [-0.2, 0) is 9.47 Å². The first-order valence-electron chi connectivity index (χ1n) is 13.2. The zero-order valence-corrected chi connectivity index (χ0v) is 21.2. The van der Waals surface area contributed by atoms with Gasteiger partial charge >= 0.3 is 6.09 Å². The van der Waals surface area contributed by atoms with Crippen LogP contribution >= 0.6 is 0 Å². The molecule has 196 valence electrons. The molecule has 0 saturated carbocycles. The van der Waals surface area contributed by atoms with E-state index < -0.39 is 0 Å². The van der Waals surface area contributed by atoms with Crippen LogP contribution in [0, 0.1) is 5.92 Å². The van der Waals surface area contributed by atoms with Crippen LogP contribution in [0.25, 0.3) is 17.1 Å². The highest BCUT2D eigenvalue weighted by atomic mass is 16.6. The van der Waals surface area contributed by atoms with Gasteiger partial charge in [-0.15, -0.1) is 0 Å². The van der Waals surface area contributed by atoms with Crippen molar-refractivity contribution >= 4 is 11.9 Å². The van der Waals surface area contributed by atoms with Crippen LogP contribution in [-0.4, -0.2) is 68.2 Å². The second-order valence-electron chi connectivity index (χ2n) is 10.3. The molecule has 4 aromatic rings. The highest BCUT2D eigenvalue weighted by Crippen LogP contribution is 2.44. The van der Waals surface area contributed by atoms with Crippen molar-refractivity contribution in [2.24, 2.45) is 5.92 Å². The molecule has 2 saturated heterocycles. The fourth-order valence-electron chi connectivity index (χ4n) is 6.29. The smallest absolute Gasteiger partial charge is 0.410 e. The van der Waals surface area contributed by atoms with E-state index in [1.54, 1.807) is 40.6 Å². The fourth-order valence-corrected chi connectivity index (χ4v) is 6.29. The second-order valence-corrected chi connectivity index (χ2v) is 10.3. The van der Waals surface area contributed by atoms with Crippen molar-refractivity contribution in [3.8, 4) is 17.1 Å². The summed E-state index contributed by atoms with van der Waals surface area (Å²) in [5, 5.41) is 0. The van der Waals surface area contributed by atoms with E-state index in [9.17, 15) is 9.59 Å². The molecule has 1 amide bonds. The van der Waals surface area contributed by atoms with Gasteiger partial charge in [-0.25, -0.2) is 19.7 Å². The number of nitrogens with zero attached hydrogens (tertiary/aromatic N) is 5. The number of imidazole rings is 1. The van der Waals surface area contributed by atoms with Crippen molar-refractivity contribution in [2.45, 2.75) is 30.8 Å². The van der Waals surface area contributed by atoms with Crippen molar-refractivity contribution in [2.75, 3.05) is 19.8 Å². The number of hydrogen-bond donors (Lipinski definition) is 0. The number of carbonyl (C=O) groups is 2. The van der Waals surface area contributed by atoms with Gasteiger partial charge in [0.15, 0.2) is 5.78 Å². The number of rotatable bonds is 5. The van der Waals surface area contributed by atoms with Gasteiger partial charge in [0.2, 0.25) is 5.95 Å². The molecule has 2 aromatic heterocycles. The average molecular weight is 522 g/mol. The van der Waals surface area contributed by atoms with Gasteiger partial charge in [-0.3, -0.25) is 14.3 Å². The number of ether oxygens (including phenoxy) is 2. The lowest BCUT2D eigenvalue weighted by Crippen LogP contribution is -2.60. The van der Waals surface area contributed by atoms with Crippen molar-refractivity contribution in [3.63, 3.8) is 0 Å². The summed E-state index contributed by atoms with van der Waals surface area (Å²) in [7, 11) is 0. The highest BCUT2D eigenvalue weighted by molar-refractivity contribution is 5.97. The summed E-state index contributed by atoms with van der Waals surface area (Å²) in [6, 6.07) is 16.2. The Hall–Kier alpha value is -4.37. The lowest BCUT2D eigenvalue weighted by molar-refractivity contribution is -0.0747. The summed E-state index contributed by atoms with van der Waals surface area (Å²) >= 11 is 0. The number of amides is 1. The Morgan fingerprint density at radius 3 is 2.18 bits per heavy atom. The van der Waals surface area contributed by atoms with Crippen molar-refractivity contribution in [1.82, 2.24) is 24.4 Å². The number of piperidine rings is 1. The van der Waals surface area contributed by atoms with Gasteiger partial charge < -0.3 is 9.47 Å². The summed E-state index contributed by atoms with van der Waals surface area (Å²) in [6.45, 7) is 1.05. The molecule has 7 rings (SSSR count). The quantitative estimate of drug-likeness (QED) is 0.362. The topological polar surface area (TPSA) is 99.4 Å². The molecule has 4 heterocycles. The molecule has 2 aliphatic heterocycles. The van der Waals surface area contributed by atoms with Crippen molar-refractivity contribution in [3.05, 3.63) is 96.3 Å². The Kier molecular flexibility index (Phi) is 5.93. The number of benzene rings is 2. The zero-order chi connectivity index (χ0) is 26.3. The number of hydrogen-bond acceptors (Lipinski definition) is 7. The Bertz CT molecular complexity index is 1460. The van der Waals surface area contributed by atoms with Crippen molar-refractivity contribution in [1.29, 1.82) is 0 Å². The van der Waals surface area contributed by atoms with Gasteiger partial charge in [-0.2, -0.15) is 0 Å². The monoisotopic (exact) mass is 521 g/mol. The third-order valence-corrected chi connectivity index (χ3v) is 8.10. The number of morpholine rings is 1. The Balaban J connectivity index is 1.04. The standard InChI is InChI=1S/C30H27N5O4/c36-28(20-13-32-29(33-14-20)34-10-9-31-18-34)19-11-21-15-38-16-22(12-19)35(21)30(37)39-17-27-25-7-3-1-5-23(25)24-6-2-4-8-26(24)27/h1-10,13-14,18-19,21-22,27H,11-12,15-17H2. The molecule has 0 spiro atoms. The first-order valence-corrected chi connectivity index (χ1v) is 13.2. The molecule has 39 heavy (non-hydrogen) atoms. The van der Waals surface area contributed by atoms with Crippen LogP contribution in [0.2, 0.25) is 0 Å². The minimum atomic E-state index is -0.339. The number of Topliss-reactive ketones (excluding diaryl/α,β-unsaturated/α-hetero) is 1. The third kappa shape index (κ3) is 4.19. The van der Waals surface area contributed by atoms with Crippen LogP contribution in [0.4, 0.5) is 4.79 Å². The van der Waals surface area contributed by atoms with E-state index in [4.69, 9.17) is 9.47 Å². The van der Waals surface area contributed by atoms with Crippen LogP contribution in [0.3, 0.4) is 0 Å². The van der Waals surface area contributed by atoms with Crippen molar-refractivity contribution < 1.29 is 19.1 Å². The van der Waals surface area contributed by atoms with E-state index >= 15 is 0 Å². The summed E-state index contributed by atoms with van der Waals surface area (Å²) in [5.41, 5.74) is 5.22. The van der Waals surface area contributed by atoms with E-state index in [0.717, 1.165) is 0 Å². The van der Waals surface area contributed by atoms with Gasteiger partial charge in [-0.05, 0) is 35.1 Å². The lowest BCUT2D eigenvalue weighted by Gasteiger charge is -2.47. The van der Waals surface area contributed by atoms with E-state index in [2.05, 4.69) is 39.2 Å². The molecule has 2 unspecified atom stereocenters. The Morgan fingerprint density at radius 1 is 0.923 bits per heavy atom. The predicted octanol–water partition coefficient (Wildman–Crippen LogP) is 4.27. The number of ketones is 1. The zero-order valence-electron chi connectivity index (χ0n) is 21.2. The molecule has 2 atom stereocenters. The lowest BCUT2D eigenvalue weighted by atomic mass is 9.81. The minimum absolute atomic E-state index is 0.00171. The van der Waals surface area contributed by atoms with Gasteiger partial charge in [0.1, 0.15) is 12.9 Å². The molecule has 1 aliphatic carbocycles. The summed E-state index contributed by atoms with van der Waals surface area (Å²) < 4.78 is 13.4. The maximum atomic E-state index is 13.4. The minimum Gasteiger partial charge on any atom is -0.448 e. The van der Waals surface area contributed by atoms with Gasteiger partial charge in [-0.1, -0.05) is 48.5 Å². The van der Waals surface area contributed by atoms with E-state index in [1.807, 2.05) is 24.3 Å². The summed E-state index contributed by atoms with van der Waals surface area (Å²) in [5.74, 6) is 0.224. The predicted molar refractivity (Wildman–Crippen MR) is 142 cm³/mol. The molecule has 2 fully saturated rings. The molecule has 9 heteroatoms. The maximum absolute atomic E-state index is 13.4. The first kappa shape index (κ1) is 23.7. The first-order chi connectivity index (χ1) is 19.2. The fraction of sp³-hybridized carbons (Fsp3) is 0.300. The molecular formula is C30H27N5O4. The molecule has 9 nitrogen and oxygen atoms in total. The number of aromatic nitrogens is 4. The molecule has 0 radical (unpaired) electrons. The third-order valence-electron chi connectivity index (χ3n) is 8.10. The molecule has 3 aliphatic rings. The molecule has 0 N–H and O–H groups in total. The summed E-state index contributed by atoms with van der Waals surface area (Å²) in [6.07, 6.45) is 8.82. The Morgan fingerprint density at radius 2 is 1.56 bits per heavy atom. The van der Waals surface area contributed by atoms with Crippen LogP contribution in [0.15, 0.2) is 79.6 Å². The molecule has 2 bridgehead atoms. The van der Waals surface area contributed by atoms with Crippen LogP contribution < -0.4 is 0 Å². The molecular weight excluding hydrogens is 494 g/mol. The summed E-state index contributed by atoms with van der Waals surface area (Å²) in [4.78, 5) is 41.3. The maximum Gasteiger partial charge on any atom is 0.410 e. The van der Waals surface area contributed by atoms with Crippen LogP contribution in [0.1, 0.15) is 40.2 Å². The van der Waals surface area contributed by atoms with E-state index in [0.29, 0.717) is 37.6 Å². The SMILES string of the molecule is O=C(c1cnc(-n2ccnc2)nc1)C1CC2COCC(C1)N2C(=O)OCC1c2ccccc2-c2ccccc21. The Labute approximate surface area is 225 Å². The van der Waals surface area contributed by atoms with E-state index in [-0.39, 0.29) is 42.4 Å². The van der Waals surface area contributed by atoms with Crippen LogP contribution in [0.5, 0.6) is 0 Å². The number of fused-ring (bicyclic) bond motifs is 5. The largest absolute Gasteiger partial charge is 0.448 e.